The van der Waals surface area contributed by atoms with Crippen LogP contribution in [0.1, 0.15) is 18.6 Å². The summed E-state index contributed by atoms with van der Waals surface area (Å²) < 4.78 is 5.59. The van der Waals surface area contributed by atoms with Crippen molar-refractivity contribution < 1.29 is 9.52 Å². The van der Waals surface area contributed by atoms with Crippen LogP contribution in [0.2, 0.25) is 0 Å². The molecule has 4 heteroatoms. The first kappa shape index (κ1) is 10.7. The van der Waals surface area contributed by atoms with Crippen molar-refractivity contribution in [2.45, 2.75) is 12.8 Å². The molecule has 0 amide bonds. The highest BCUT2D eigenvalue weighted by atomic mass is 16.4. The van der Waals surface area contributed by atoms with Crippen LogP contribution in [0, 0.1) is 0 Å². The van der Waals surface area contributed by atoms with Gasteiger partial charge in [-0.1, -0.05) is 6.92 Å². The number of nitrogens with two attached hydrogens (primary N) is 1. The number of phenolic OH excluding ortho intramolecular Hbond substituents is 1. The second-order valence-corrected chi connectivity index (χ2v) is 3.75. The molecule has 2 rings (SSSR count). The lowest BCUT2D eigenvalue weighted by Gasteiger charge is -2.02. The molecule has 0 fully saturated rings. The Kier molecular flexibility index (Phi) is 2.92. The van der Waals surface area contributed by atoms with Gasteiger partial charge in [0.05, 0.1) is 6.20 Å². The van der Waals surface area contributed by atoms with Gasteiger partial charge in [0.25, 0.3) is 0 Å². The van der Waals surface area contributed by atoms with Crippen LogP contribution < -0.4 is 5.73 Å². The van der Waals surface area contributed by atoms with E-state index >= 15 is 0 Å². The highest BCUT2D eigenvalue weighted by Crippen LogP contribution is 2.24. The number of hydrogen-bond acceptors (Lipinski definition) is 4. The van der Waals surface area contributed by atoms with E-state index in [-0.39, 0.29) is 11.7 Å². The minimum absolute atomic E-state index is 0.165. The van der Waals surface area contributed by atoms with Crippen molar-refractivity contribution in [2.24, 2.45) is 5.73 Å². The van der Waals surface area contributed by atoms with Crippen LogP contribution in [-0.2, 0) is 0 Å². The van der Waals surface area contributed by atoms with E-state index < -0.39 is 0 Å². The van der Waals surface area contributed by atoms with Crippen LogP contribution in [-0.4, -0.2) is 16.6 Å². The zero-order chi connectivity index (χ0) is 11.5. The number of aromatic hydroxyl groups is 1. The van der Waals surface area contributed by atoms with Crippen LogP contribution in [0.15, 0.2) is 34.9 Å². The molecule has 3 N–H and O–H groups in total. The zero-order valence-corrected chi connectivity index (χ0v) is 9.05. The molecule has 84 valence electrons. The van der Waals surface area contributed by atoms with E-state index in [0.29, 0.717) is 12.4 Å². The predicted molar refractivity (Wildman–Crippen MR) is 61.1 cm³/mol. The largest absolute Gasteiger partial charge is 0.508 e. The second kappa shape index (κ2) is 4.37. The molecule has 0 aliphatic heterocycles. The SMILES string of the molecule is CC(CN)c1cnc(-c2ccc(O)cc2)o1. The first-order chi connectivity index (χ1) is 7.70. The molecule has 1 atom stereocenters. The molecule has 0 aliphatic rings. The van der Waals surface area contributed by atoms with Crippen molar-refractivity contribution >= 4 is 0 Å². The van der Waals surface area contributed by atoms with Crippen LogP contribution in [0.3, 0.4) is 0 Å². The van der Waals surface area contributed by atoms with Crippen LogP contribution in [0.25, 0.3) is 11.5 Å². The lowest BCUT2D eigenvalue weighted by atomic mass is 10.1. The lowest BCUT2D eigenvalue weighted by molar-refractivity contribution is 0.474. The number of hydrogen-bond donors (Lipinski definition) is 2. The first-order valence-electron chi connectivity index (χ1n) is 5.16. The van der Waals surface area contributed by atoms with Gasteiger partial charge in [0.15, 0.2) is 0 Å². The fourth-order valence-electron chi connectivity index (χ4n) is 1.37. The van der Waals surface area contributed by atoms with Crippen molar-refractivity contribution in [3.8, 4) is 17.2 Å². The summed E-state index contributed by atoms with van der Waals surface area (Å²) >= 11 is 0. The summed E-state index contributed by atoms with van der Waals surface area (Å²) in [4.78, 5) is 4.18. The fraction of sp³-hybridized carbons (Fsp3) is 0.250. The average Bonchev–Trinajstić information content (AvgIpc) is 2.78. The van der Waals surface area contributed by atoms with E-state index in [1.165, 1.54) is 0 Å². The molecule has 0 bridgehead atoms. The minimum atomic E-state index is 0.165. The smallest absolute Gasteiger partial charge is 0.226 e. The van der Waals surface area contributed by atoms with E-state index in [1.54, 1.807) is 30.5 Å². The van der Waals surface area contributed by atoms with Gasteiger partial charge < -0.3 is 15.3 Å². The number of rotatable bonds is 3. The average molecular weight is 218 g/mol. The summed E-state index contributed by atoms with van der Waals surface area (Å²) in [6.45, 7) is 2.52. The third kappa shape index (κ3) is 2.06. The van der Waals surface area contributed by atoms with Gasteiger partial charge in [-0.15, -0.1) is 0 Å². The zero-order valence-electron chi connectivity index (χ0n) is 9.05. The molecule has 1 unspecified atom stereocenters. The van der Waals surface area contributed by atoms with E-state index in [0.717, 1.165) is 11.3 Å². The maximum atomic E-state index is 9.17. The van der Waals surface area contributed by atoms with Gasteiger partial charge in [-0.05, 0) is 24.3 Å². The number of nitrogens with zero attached hydrogens (tertiary/aromatic N) is 1. The van der Waals surface area contributed by atoms with Crippen LogP contribution in [0.4, 0.5) is 0 Å². The van der Waals surface area contributed by atoms with E-state index in [1.807, 2.05) is 6.92 Å². The number of benzene rings is 1. The van der Waals surface area contributed by atoms with Crippen LogP contribution in [0.5, 0.6) is 5.75 Å². The molecule has 0 aliphatic carbocycles. The third-order valence-electron chi connectivity index (χ3n) is 2.48. The Labute approximate surface area is 93.7 Å². The fourth-order valence-corrected chi connectivity index (χ4v) is 1.37. The van der Waals surface area contributed by atoms with Gasteiger partial charge in [0.2, 0.25) is 5.89 Å². The van der Waals surface area contributed by atoms with Gasteiger partial charge in [-0.25, -0.2) is 4.98 Å². The monoisotopic (exact) mass is 218 g/mol. The van der Waals surface area contributed by atoms with Gasteiger partial charge in [0, 0.05) is 18.0 Å². The van der Waals surface area contributed by atoms with E-state index in [9.17, 15) is 0 Å². The quantitative estimate of drug-likeness (QED) is 0.827. The summed E-state index contributed by atoms with van der Waals surface area (Å²) in [5.74, 6) is 1.73. The highest BCUT2D eigenvalue weighted by Gasteiger charge is 2.11. The highest BCUT2D eigenvalue weighted by molar-refractivity contribution is 5.54. The van der Waals surface area contributed by atoms with E-state index in [4.69, 9.17) is 15.3 Å². The Balaban J connectivity index is 2.28. The Morgan fingerprint density at radius 3 is 2.69 bits per heavy atom. The van der Waals surface area contributed by atoms with Gasteiger partial charge in [0.1, 0.15) is 11.5 Å². The first-order valence-corrected chi connectivity index (χ1v) is 5.16. The Morgan fingerprint density at radius 2 is 2.06 bits per heavy atom. The Bertz CT molecular complexity index is 462. The molecule has 1 heterocycles. The maximum Gasteiger partial charge on any atom is 0.226 e. The Morgan fingerprint density at radius 1 is 1.38 bits per heavy atom. The van der Waals surface area contributed by atoms with Crippen molar-refractivity contribution in [1.82, 2.24) is 4.98 Å². The molecule has 16 heavy (non-hydrogen) atoms. The molecule has 0 saturated heterocycles. The molecular weight excluding hydrogens is 204 g/mol. The lowest BCUT2D eigenvalue weighted by Crippen LogP contribution is -2.07. The molecule has 1 aromatic heterocycles. The molecular formula is C12H14N2O2. The molecule has 4 nitrogen and oxygen atoms in total. The summed E-state index contributed by atoms with van der Waals surface area (Å²) in [7, 11) is 0. The third-order valence-corrected chi connectivity index (χ3v) is 2.48. The molecule has 0 saturated carbocycles. The topological polar surface area (TPSA) is 72.3 Å². The predicted octanol–water partition coefficient (Wildman–Crippen LogP) is 2.11. The molecule has 2 aromatic rings. The molecule has 0 spiro atoms. The van der Waals surface area contributed by atoms with Crippen molar-refractivity contribution in [1.29, 1.82) is 0 Å². The maximum absolute atomic E-state index is 9.17. The van der Waals surface area contributed by atoms with Gasteiger partial charge in [-0.2, -0.15) is 0 Å². The number of aromatic nitrogens is 1. The summed E-state index contributed by atoms with van der Waals surface area (Å²) in [6.07, 6.45) is 1.69. The minimum Gasteiger partial charge on any atom is -0.508 e. The van der Waals surface area contributed by atoms with Crippen LogP contribution >= 0.6 is 0 Å². The van der Waals surface area contributed by atoms with Gasteiger partial charge in [-0.3, -0.25) is 0 Å². The normalized spacial score (nSPS) is 12.6. The standard InChI is InChI=1S/C12H14N2O2/c1-8(6-13)11-7-14-12(16-11)9-2-4-10(15)5-3-9/h2-5,7-8,15H,6,13H2,1H3. The van der Waals surface area contributed by atoms with E-state index in [2.05, 4.69) is 4.98 Å². The second-order valence-electron chi connectivity index (χ2n) is 3.75. The number of phenols is 1. The Hall–Kier alpha value is -1.81. The summed E-state index contributed by atoms with van der Waals surface area (Å²) in [6, 6.07) is 6.73. The summed E-state index contributed by atoms with van der Waals surface area (Å²) in [5, 5.41) is 9.17. The van der Waals surface area contributed by atoms with Crippen molar-refractivity contribution in [2.75, 3.05) is 6.54 Å². The molecule has 0 radical (unpaired) electrons. The van der Waals surface area contributed by atoms with Gasteiger partial charge >= 0.3 is 0 Å². The van der Waals surface area contributed by atoms with Crippen molar-refractivity contribution in [3.63, 3.8) is 0 Å². The molecule has 1 aromatic carbocycles. The summed E-state index contributed by atoms with van der Waals surface area (Å²) in [5.41, 5.74) is 6.39. The number of oxazole rings is 1. The van der Waals surface area contributed by atoms with Crippen molar-refractivity contribution in [3.05, 3.63) is 36.2 Å².